The monoisotopic (exact) mass is 595 g/mol. The maximum atomic E-state index is 13.9. The molecule has 0 fully saturated rings. The van der Waals surface area contributed by atoms with Gasteiger partial charge >= 0.3 is 0 Å². The van der Waals surface area contributed by atoms with E-state index in [9.17, 15) is 18.0 Å². The van der Waals surface area contributed by atoms with E-state index < -0.39 is 28.5 Å². The zero-order valence-electron chi connectivity index (χ0n) is 20.9. The van der Waals surface area contributed by atoms with Gasteiger partial charge in [-0.25, -0.2) is 8.42 Å². The molecule has 0 unspecified atom stereocenters. The van der Waals surface area contributed by atoms with E-state index in [1.54, 1.807) is 31.2 Å². The first-order valence-corrected chi connectivity index (χ1v) is 14.8. The van der Waals surface area contributed by atoms with E-state index in [0.29, 0.717) is 17.1 Å². The molecule has 0 aliphatic rings. The number of anilines is 1. The topological polar surface area (TPSA) is 86.8 Å². The van der Waals surface area contributed by atoms with Crippen molar-refractivity contribution >= 4 is 62.3 Å². The normalized spacial score (nSPS) is 12.0. The number of hydrogen-bond donors (Lipinski definition) is 1. The number of nitrogens with one attached hydrogen (secondary N) is 1. The minimum absolute atomic E-state index is 0.0347. The third-order valence-electron chi connectivity index (χ3n) is 5.73. The summed E-state index contributed by atoms with van der Waals surface area (Å²) in [7, 11) is -3.91. The highest BCUT2D eigenvalue weighted by atomic mass is 35.5. The van der Waals surface area contributed by atoms with E-state index >= 15 is 0 Å². The fraction of sp³-hybridized carbons (Fsp3) is 0.259. The quantitative estimate of drug-likeness (QED) is 0.330. The molecule has 0 bridgehead atoms. The van der Waals surface area contributed by atoms with Gasteiger partial charge < -0.3 is 10.2 Å². The summed E-state index contributed by atoms with van der Waals surface area (Å²) in [6.45, 7) is 1.63. The first kappa shape index (κ1) is 29.8. The highest BCUT2D eigenvalue weighted by Gasteiger charge is 2.33. The van der Waals surface area contributed by atoms with Crippen molar-refractivity contribution in [1.29, 1.82) is 0 Å². The predicted octanol–water partition coefficient (Wildman–Crippen LogP) is 5.19. The minimum atomic E-state index is -3.91. The van der Waals surface area contributed by atoms with Crippen LogP contribution in [-0.4, -0.2) is 50.5 Å². The summed E-state index contributed by atoms with van der Waals surface area (Å²) in [6.07, 6.45) is 1.22. The summed E-state index contributed by atoms with van der Waals surface area (Å²) in [5, 5.41) is 3.67. The van der Waals surface area contributed by atoms with E-state index in [-0.39, 0.29) is 34.6 Å². The van der Waals surface area contributed by atoms with Crippen molar-refractivity contribution in [2.45, 2.75) is 25.9 Å². The van der Waals surface area contributed by atoms with Crippen molar-refractivity contribution in [3.05, 3.63) is 99.0 Å². The number of benzene rings is 3. The highest BCUT2D eigenvalue weighted by molar-refractivity contribution is 7.92. The second-order valence-corrected chi connectivity index (χ2v) is 11.8. The van der Waals surface area contributed by atoms with E-state index in [1.807, 2.05) is 30.3 Å². The lowest BCUT2D eigenvalue weighted by Gasteiger charge is -2.33. The lowest BCUT2D eigenvalue weighted by molar-refractivity contribution is -0.140. The summed E-state index contributed by atoms with van der Waals surface area (Å²) >= 11 is 18.3. The van der Waals surface area contributed by atoms with Gasteiger partial charge in [0.15, 0.2) is 0 Å². The molecule has 0 aromatic heterocycles. The van der Waals surface area contributed by atoms with Crippen molar-refractivity contribution in [3.8, 4) is 0 Å². The Morgan fingerprint density at radius 1 is 0.895 bits per heavy atom. The van der Waals surface area contributed by atoms with Gasteiger partial charge in [-0.15, -0.1) is 0 Å². The van der Waals surface area contributed by atoms with Crippen LogP contribution in [-0.2, 0) is 32.6 Å². The maximum Gasteiger partial charge on any atom is 0.244 e. The Labute approximate surface area is 238 Å². The molecule has 0 aliphatic carbocycles. The third-order valence-corrected chi connectivity index (χ3v) is 7.85. The molecule has 0 radical (unpaired) electrons. The molecule has 0 saturated carbocycles. The Bertz CT molecular complexity index is 1390. The molecule has 202 valence electrons. The number of nitrogens with zero attached hydrogens (tertiary/aromatic N) is 2. The lowest BCUT2D eigenvalue weighted by atomic mass is 10.0. The molecule has 7 nitrogen and oxygen atoms in total. The summed E-state index contributed by atoms with van der Waals surface area (Å²) < 4.78 is 26.5. The second-order valence-electron chi connectivity index (χ2n) is 8.62. The van der Waals surface area contributed by atoms with Crippen LogP contribution in [0, 0.1) is 0 Å². The highest BCUT2D eigenvalue weighted by Crippen LogP contribution is 2.29. The van der Waals surface area contributed by atoms with Gasteiger partial charge in [0.25, 0.3) is 0 Å². The molecular weight excluding hydrogens is 569 g/mol. The fourth-order valence-electron chi connectivity index (χ4n) is 3.93. The standard InChI is InChI=1S/C27H28Cl3N3O4S/c1-3-31-27(35)25(15-19-8-5-4-6-9-19)32(17-20-10-7-11-21(28)14-20)26(34)18-33(38(2,36)37)22-12-13-23(29)24(30)16-22/h4-14,16,25H,3,15,17-18H2,1-2H3,(H,31,35)/t25-/m0/s1. The van der Waals surface area contributed by atoms with Crippen molar-refractivity contribution in [2.75, 3.05) is 23.7 Å². The number of carbonyl (C=O) groups is 2. The SMILES string of the molecule is CCNC(=O)[C@H](Cc1ccccc1)N(Cc1cccc(Cl)c1)C(=O)CN(c1ccc(Cl)c(Cl)c1)S(C)(=O)=O. The number of amides is 2. The molecule has 0 aliphatic heterocycles. The van der Waals surface area contributed by atoms with Gasteiger partial charge in [0.2, 0.25) is 21.8 Å². The average Bonchev–Trinajstić information content (AvgIpc) is 2.86. The van der Waals surface area contributed by atoms with Crippen molar-refractivity contribution < 1.29 is 18.0 Å². The summed E-state index contributed by atoms with van der Waals surface area (Å²) in [6, 6.07) is 19.6. The van der Waals surface area contributed by atoms with Crippen LogP contribution in [0.3, 0.4) is 0 Å². The number of rotatable bonds is 11. The Morgan fingerprint density at radius 3 is 2.18 bits per heavy atom. The lowest BCUT2D eigenvalue weighted by Crippen LogP contribution is -2.53. The van der Waals surface area contributed by atoms with E-state index in [4.69, 9.17) is 34.8 Å². The van der Waals surface area contributed by atoms with Crippen molar-refractivity contribution in [2.24, 2.45) is 0 Å². The van der Waals surface area contributed by atoms with Gasteiger partial charge in [0.05, 0.1) is 22.0 Å². The van der Waals surface area contributed by atoms with Crippen LogP contribution in [0.5, 0.6) is 0 Å². The minimum Gasteiger partial charge on any atom is -0.355 e. The van der Waals surface area contributed by atoms with Crippen LogP contribution in [0.15, 0.2) is 72.8 Å². The van der Waals surface area contributed by atoms with E-state index in [0.717, 1.165) is 16.1 Å². The van der Waals surface area contributed by atoms with Crippen LogP contribution in [0.1, 0.15) is 18.1 Å². The van der Waals surface area contributed by atoms with Gasteiger partial charge in [-0.05, 0) is 48.4 Å². The molecule has 0 saturated heterocycles. The van der Waals surface area contributed by atoms with E-state index in [1.165, 1.54) is 23.1 Å². The van der Waals surface area contributed by atoms with Gasteiger partial charge in [-0.1, -0.05) is 77.3 Å². The van der Waals surface area contributed by atoms with Crippen LogP contribution < -0.4 is 9.62 Å². The Kier molecular flexibility index (Phi) is 10.4. The number of carbonyl (C=O) groups excluding carboxylic acids is 2. The third kappa shape index (κ3) is 8.11. The average molecular weight is 597 g/mol. The molecule has 11 heteroatoms. The molecular formula is C27H28Cl3N3O4S. The van der Waals surface area contributed by atoms with Gasteiger partial charge in [0.1, 0.15) is 12.6 Å². The molecule has 1 N–H and O–H groups in total. The summed E-state index contributed by atoms with van der Waals surface area (Å²) in [4.78, 5) is 28.6. The fourth-order valence-corrected chi connectivity index (χ4v) is 5.28. The van der Waals surface area contributed by atoms with Gasteiger partial charge in [-0.3, -0.25) is 13.9 Å². The van der Waals surface area contributed by atoms with E-state index in [2.05, 4.69) is 5.32 Å². The maximum absolute atomic E-state index is 13.9. The molecule has 3 aromatic rings. The molecule has 38 heavy (non-hydrogen) atoms. The Morgan fingerprint density at radius 2 is 1.58 bits per heavy atom. The first-order chi connectivity index (χ1) is 18.0. The largest absolute Gasteiger partial charge is 0.355 e. The smallest absolute Gasteiger partial charge is 0.244 e. The molecule has 0 spiro atoms. The summed E-state index contributed by atoms with van der Waals surface area (Å²) in [5.74, 6) is -0.930. The zero-order chi connectivity index (χ0) is 27.9. The van der Waals surface area contributed by atoms with Crippen molar-refractivity contribution in [1.82, 2.24) is 10.2 Å². The number of likely N-dealkylation sites (N-methyl/N-ethyl adjacent to an activating group) is 1. The Balaban J connectivity index is 2.05. The number of sulfonamides is 1. The zero-order valence-corrected chi connectivity index (χ0v) is 24.0. The van der Waals surface area contributed by atoms with Crippen LogP contribution >= 0.6 is 34.8 Å². The second kappa shape index (κ2) is 13.3. The molecule has 0 heterocycles. The van der Waals surface area contributed by atoms with Gasteiger partial charge in [-0.2, -0.15) is 0 Å². The number of halogens is 3. The Hall–Kier alpha value is -2.78. The molecule has 3 aromatic carbocycles. The molecule has 3 rings (SSSR count). The molecule has 1 atom stereocenters. The number of hydrogen-bond acceptors (Lipinski definition) is 4. The predicted molar refractivity (Wildman–Crippen MR) is 153 cm³/mol. The van der Waals surface area contributed by atoms with Crippen LogP contribution in [0.2, 0.25) is 15.1 Å². The molecule has 2 amide bonds. The van der Waals surface area contributed by atoms with Crippen LogP contribution in [0.4, 0.5) is 5.69 Å². The van der Waals surface area contributed by atoms with Crippen molar-refractivity contribution in [3.63, 3.8) is 0 Å². The first-order valence-electron chi connectivity index (χ1n) is 11.8. The van der Waals surface area contributed by atoms with Crippen LogP contribution in [0.25, 0.3) is 0 Å². The summed E-state index contributed by atoms with van der Waals surface area (Å²) in [5.41, 5.74) is 1.71. The van der Waals surface area contributed by atoms with Gasteiger partial charge in [0, 0.05) is 24.5 Å².